The Balaban J connectivity index is 1.61. The van der Waals surface area contributed by atoms with Crippen molar-refractivity contribution in [3.63, 3.8) is 0 Å². The fourth-order valence-electron chi connectivity index (χ4n) is 3.10. The van der Waals surface area contributed by atoms with Gasteiger partial charge in [-0.15, -0.1) is 5.73 Å². The SMILES string of the molecule is CC(=O)OCc1cc(F)ccc1C1=Cn2cc(COc3ccccc3)nc2C=C=C1. The third kappa shape index (κ3) is 4.57. The number of allylic oxidation sites excluding steroid dienone is 2. The molecule has 0 unspecified atom stereocenters. The van der Waals surface area contributed by atoms with E-state index in [9.17, 15) is 9.18 Å². The van der Waals surface area contributed by atoms with Gasteiger partial charge >= 0.3 is 5.97 Å². The van der Waals surface area contributed by atoms with Crippen molar-refractivity contribution in [2.45, 2.75) is 20.1 Å². The number of esters is 1. The van der Waals surface area contributed by atoms with E-state index >= 15 is 0 Å². The summed E-state index contributed by atoms with van der Waals surface area (Å²) in [5.74, 6) is 0.666. The average molecular weight is 402 g/mol. The molecule has 2 aromatic carbocycles. The zero-order valence-electron chi connectivity index (χ0n) is 16.3. The van der Waals surface area contributed by atoms with E-state index in [-0.39, 0.29) is 6.61 Å². The molecular formula is C24H19FN2O3. The molecule has 1 aliphatic heterocycles. The fraction of sp³-hybridized carbons (Fsp3) is 0.125. The lowest BCUT2D eigenvalue weighted by molar-refractivity contribution is -0.142. The summed E-state index contributed by atoms with van der Waals surface area (Å²) in [4.78, 5) is 15.8. The van der Waals surface area contributed by atoms with Crippen LogP contribution in [0.1, 0.15) is 29.6 Å². The number of aromatic nitrogens is 2. The van der Waals surface area contributed by atoms with Gasteiger partial charge in [-0.25, -0.2) is 9.37 Å². The van der Waals surface area contributed by atoms with E-state index in [2.05, 4.69) is 10.7 Å². The first-order valence-electron chi connectivity index (χ1n) is 9.40. The minimum Gasteiger partial charge on any atom is -0.487 e. The van der Waals surface area contributed by atoms with E-state index in [0.717, 1.165) is 22.6 Å². The second kappa shape index (κ2) is 8.64. The van der Waals surface area contributed by atoms with Gasteiger partial charge < -0.3 is 14.0 Å². The van der Waals surface area contributed by atoms with Crippen molar-refractivity contribution in [1.82, 2.24) is 9.55 Å². The molecule has 3 aromatic rings. The van der Waals surface area contributed by atoms with E-state index in [4.69, 9.17) is 9.47 Å². The van der Waals surface area contributed by atoms with Crippen molar-refractivity contribution < 1.29 is 18.7 Å². The quantitative estimate of drug-likeness (QED) is 0.437. The highest BCUT2D eigenvalue weighted by Gasteiger charge is 2.13. The molecule has 1 aromatic heterocycles. The third-order valence-electron chi connectivity index (χ3n) is 4.48. The average Bonchev–Trinajstić information content (AvgIpc) is 3.02. The summed E-state index contributed by atoms with van der Waals surface area (Å²) in [6, 6.07) is 14.0. The van der Waals surface area contributed by atoms with Gasteiger partial charge in [0.1, 0.15) is 30.6 Å². The summed E-state index contributed by atoms with van der Waals surface area (Å²) in [6.07, 6.45) is 7.32. The van der Waals surface area contributed by atoms with Gasteiger partial charge in [-0.05, 0) is 35.9 Å². The molecule has 1 aliphatic rings. The molecule has 4 rings (SSSR count). The molecule has 6 heteroatoms. The molecule has 0 saturated heterocycles. The van der Waals surface area contributed by atoms with Gasteiger partial charge in [0.05, 0.1) is 5.69 Å². The minimum absolute atomic E-state index is 0.00965. The maximum absolute atomic E-state index is 13.8. The van der Waals surface area contributed by atoms with Crippen LogP contribution in [0.25, 0.3) is 17.8 Å². The summed E-state index contributed by atoms with van der Waals surface area (Å²) < 4.78 is 26.5. The van der Waals surface area contributed by atoms with Crippen LogP contribution < -0.4 is 4.74 Å². The lowest BCUT2D eigenvalue weighted by Gasteiger charge is -2.11. The standard InChI is InChI=1S/C24H19FN2O3/c1-17(28)29-15-19-12-20(25)10-11-23(19)18-6-5-9-24-26-21(14-27(24)13-18)16-30-22-7-3-2-4-8-22/h2-4,6-14H,15-16H2,1H3. The Morgan fingerprint density at radius 2 is 1.97 bits per heavy atom. The Bertz CT molecular complexity index is 1170. The summed E-state index contributed by atoms with van der Waals surface area (Å²) in [7, 11) is 0. The number of halogens is 1. The molecule has 0 spiro atoms. The predicted octanol–water partition coefficient (Wildman–Crippen LogP) is 4.84. The Morgan fingerprint density at radius 3 is 2.77 bits per heavy atom. The molecule has 0 atom stereocenters. The number of benzene rings is 2. The Morgan fingerprint density at radius 1 is 1.13 bits per heavy atom. The van der Waals surface area contributed by atoms with Gasteiger partial charge in [-0.2, -0.15) is 0 Å². The second-order valence-corrected chi connectivity index (χ2v) is 6.72. The molecule has 150 valence electrons. The van der Waals surface area contributed by atoms with Gasteiger partial charge in [0, 0.05) is 36.5 Å². The molecule has 2 heterocycles. The lowest BCUT2D eigenvalue weighted by atomic mass is 10.0. The zero-order chi connectivity index (χ0) is 20.9. The molecule has 0 fully saturated rings. The molecular weight excluding hydrogens is 383 g/mol. The van der Waals surface area contributed by atoms with E-state index < -0.39 is 11.8 Å². The second-order valence-electron chi connectivity index (χ2n) is 6.72. The number of ether oxygens (including phenoxy) is 2. The first kappa shape index (κ1) is 19.4. The monoisotopic (exact) mass is 402 g/mol. The van der Waals surface area contributed by atoms with Crippen LogP contribution in [0.15, 0.2) is 66.5 Å². The lowest BCUT2D eigenvalue weighted by Crippen LogP contribution is -2.02. The van der Waals surface area contributed by atoms with Crippen LogP contribution in [0.4, 0.5) is 4.39 Å². The van der Waals surface area contributed by atoms with Crippen molar-refractivity contribution in [1.29, 1.82) is 0 Å². The first-order chi connectivity index (χ1) is 14.6. The number of hydrogen-bond acceptors (Lipinski definition) is 4. The number of fused-ring (bicyclic) bond motifs is 1. The van der Waals surface area contributed by atoms with Crippen molar-refractivity contribution >= 4 is 23.8 Å². The van der Waals surface area contributed by atoms with Gasteiger partial charge in [0.2, 0.25) is 0 Å². The Hall–Kier alpha value is -3.89. The van der Waals surface area contributed by atoms with Crippen LogP contribution in [-0.2, 0) is 22.7 Å². The minimum atomic E-state index is -0.421. The zero-order valence-corrected chi connectivity index (χ0v) is 16.3. The summed E-state index contributed by atoms with van der Waals surface area (Å²) >= 11 is 0. The number of imidazole rings is 1. The number of rotatable bonds is 6. The molecule has 0 N–H and O–H groups in total. The van der Waals surface area contributed by atoms with Crippen LogP contribution >= 0.6 is 0 Å². The molecule has 0 saturated carbocycles. The summed E-state index contributed by atoms with van der Waals surface area (Å²) in [5.41, 5.74) is 5.99. The van der Waals surface area contributed by atoms with Gasteiger partial charge in [0.25, 0.3) is 0 Å². The van der Waals surface area contributed by atoms with E-state index in [1.807, 2.05) is 47.3 Å². The maximum atomic E-state index is 13.8. The number of hydrogen-bond donors (Lipinski definition) is 0. The normalized spacial score (nSPS) is 12.1. The highest BCUT2D eigenvalue weighted by Crippen LogP contribution is 2.26. The summed E-state index contributed by atoms with van der Waals surface area (Å²) in [5, 5.41) is 0. The third-order valence-corrected chi connectivity index (χ3v) is 4.48. The number of para-hydroxylation sites is 1. The molecule has 30 heavy (non-hydrogen) atoms. The van der Waals surface area contributed by atoms with Gasteiger partial charge in [0.15, 0.2) is 0 Å². The van der Waals surface area contributed by atoms with Crippen molar-refractivity contribution in [2.75, 3.05) is 0 Å². The van der Waals surface area contributed by atoms with Crippen molar-refractivity contribution in [2.24, 2.45) is 0 Å². The van der Waals surface area contributed by atoms with Crippen LogP contribution in [0.2, 0.25) is 0 Å². The topological polar surface area (TPSA) is 53.4 Å². The summed E-state index contributed by atoms with van der Waals surface area (Å²) in [6.45, 7) is 1.65. The van der Waals surface area contributed by atoms with Crippen LogP contribution in [0.3, 0.4) is 0 Å². The Labute approximate surface area is 173 Å². The molecule has 5 nitrogen and oxygen atoms in total. The number of nitrogens with zero attached hydrogens (tertiary/aromatic N) is 2. The molecule has 0 bridgehead atoms. The fourth-order valence-corrected chi connectivity index (χ4v) is 3.10. The van der Waals surface area contributed by atoms with Crippen LogP contribution in [0, 0.1) is 5.82 Å². The molecule has 0 radical (unpaired) electrons. The van der Waals surface area contributed by atoms with E-state index in [1.54, 1.807) is 18.2 Å². The van der Waals surface area contributed by atoms with Crippen LogP contribution in [0.5, 0.6) is 5.75 Å². The smallest absolute Gasteiger partial charge is 0.302 e. The van der Waals surface area contributed by atoms with Crippen molar-refractivity contribution in [3.8, 4) is 5.75 Å². The van der Waals surface area contributed by atoms with Crippen LogP contribution in [-0.4, -0.2) is 15.5 Å². The Kier molecular flexibility index (Phi) is 5.59. The van der Waals surface area contributed by atoms with Gasteiger partial charge in [-0.3, -0.25) is 4.79 Å². The highest BCUT2D eigenvalue weighted by atomic mass is 19.1. The van der Waals surface area contributed by atoms with E-state index in [1.165, 1.54) is 19.1 Å². The molecule has 0 aliphatic carbocycles. The number of carbonyl (C=O) groups excluding carboxylic acids is 1. The first-order valence-corrected chi connectivity index (χ1v) is 9.40. The maximum Gasteiger partial charge on any atom is 0.302 e. The molecule has 0 amide bonds. The number of carbonyl (C=O) groups is 1. The predicted molar refractivity (Wildman–Crippen MR) is 112 cm³/mol. The van der Waals surface area contributed by atoms with E-state index in [0.29, 0.717) is 18.0 Å². The van der Waals surface area contributed by atoms with Gasteiger partial charge in [-0.1, -0.05) is 24.3 Å². The van der Waals surface area contributed by atoms with Crippen molar-refractivity contribution in [3.05, 3.63) is 95.0 Å². The highest BCUT2D eigenvalue weighted by molar-refractivity contribution is 5.85. The largest absolute Gasteiger partial charge is 0.487 e.